The molecular formula is C18H15BrN2O2. The smallest absolute Gasteiger partial charge is 0.261 e. The first-order valence-corrected chi connectivity index (χ1v) is 8.05. The van der Waals surface area contributed by atoms with Gasteiger partial charge in [0.05, 0.1) is 0 Å². The number of halogens is 1. The topological polar surface area (TPSA) is 66.1 Å². The van der Waals surface area contributed by atoms with Crippen molar-refractivity contribution in [3.8, 4) is 0 Å². The molecule has 0 spiro atoms. The molecule has 0 fully saturated rings. The molecule has 116 valence electrons. The highest BCUT2D eigenvalue weighted by Crippen LogP contribution is 2.20. The zero-order chi connectivity index (χ0) is 16.4. The van der Waals surface area contributed by atoms with Gasteiger partial charge >= 0.3 is 0 Å². The van der Waals surface area contributed by atoms with Gasteiger partial charge in [-0.1, -0.05) is 41.1 Å². The van der Waals surface area contributed by atoms with Crippen LogP contribution >= 0.6 is 15.9 Å². The second-order valence-corrected chi connectivity index (χ2v) is 6.05. The molecule has 5 heteroatoms. The average molecular weight is 371 g/mol. The molecule has 3 rings (SSSR count). The van der Waals surface area contributed by atoms with E-state index < -0.39 is 0 Å². The third kappa shape index (κ3) is 3.19. The zero-order valence-electron chi connectivity index (χ0n) is 12.5. The summed E-state index contributed by atoms with van der Waals surface area (Å²) in [6.07, 6.45) is 0.819. The van der Waals surface area contributed by atoms with Gasteiger partial charge in [-0.2, -0.15) is 0 Å². The van der Waals surface area contributed by atoms with Gasteiger partial charge < -0.3 is 9.73 Å². The maximum absolute atomic E-state index is 12.5. The average Bonchev–Trinajstić information content (AvgIpc) is 2.55. The van der Waals surface area contributed by atoms with Gasteiger partial charge in [0.25, 0.3) is 5.91 Å². The van der Waals surface area contributed by atoms with E-state index in [1.807, 2.05) is 43.3 Å². The van der Waals surface area contributed by atoms with Crippen molar-refractivity contribution in [2.75, 3.05) is 5.32 Å². The SMILES string of the molecule is CCc1ccccc1NC(=O)c1cc2cc(Br)ccc2oc1=N. The number of rotatable bonds is 3. The lowest BCUT2D eigenvalue weighted by molar-refractivity contribution is 0.102. The number of anilines is 1. The number of hydrogen-bond donors (Lipinski definition) is 2. The lowest BCUT2D eigenvalue weighted by Crippen LogP contribution is -2.21. The van der Waals surface area contributed by atoms with Crippen LogP contribution in [0.25, 0.3) is 11.0 Å². The standard InChI is InChI=1S/C18H15BrN2O2/c1-2-11-5-3-4-6-15(11)21-18(22)14-10-12-9-13(19)7-8-16(12)23-17(14)20/h3-10,20H,2H2,1H3,(H,21,22). The minimum Gasteiger partial charge on any atom is -0.438 e. The molecule has 23 heavy (non-hydrogen) atoms. The Labute approximate surface area is 141 Å². The number of aryl methyl sites for hydroxylation is 1. The van der Waals surface area contributed by atoms with Crippen molar-refractivity contribution >= 4 is 38.5 Å². The summed E-state index contributed by atoms with van der Waals surface area (Å²) < 4.78 is 6.34. The van der Waals surface area contributed by atoms with E-state index in [4.69, 9.17) is 9.83 Å². The molecule has 1 aromatic heterocycles. The van der Waals surface area contributed by atoms with Crippen molar-refractivity contribution in [2.45, 2.75) is 13.3 Å². The summed E-state index contributed by atoms with van der Waals surface area (Å²) in [6.45, 7) is 2.03. The van der Waals surface area contributed by atoms with E-state index in [-0.39, 0.29) is 17.0 Å². The van der Waals surface area contributed by atoms with E-state index >= 15 is 0 Å². The molecule has 0 bridgehead atoms. The summed E-state index contributed by atoms with van der Waals surface area (Å²) >= 11 is 3.40. The van der Waals surface area contributed by atoms with Crippen molar-refractivity contribution in [3.63, 3.8) is 0 Å². The van der Waals surface area contributed by atoms with Crippen LogP contribution in [0.15, 0.2) is 57.4 Å². The Hall–Kier alpha value is -2.40. The Balaban J connectivity index is 2.00. The summed E-state index contributed by atoms with van der Waals surface area (Å²) in [5.74, 6) is -0.346. The second kappa shape index (κ2) is 6.38. The van der Waals surface area contributed by atoms with Gasteiger partial charge in [-0.25, -0.2) is 0 Å². The summed E-state index contributed by atoms with van der Waals surface area (Å²) in [6, 6.07) is 14.8. The molecule has 0 saturated carbocycles. The van der Waals surface area contributed by atoms with Crippen molar-refractivity contribution in [1.82, 2.24) is 0 Å². The van der Waals surface area contributed by atoms with E-state index in [2.05, 4.69) is 21.2 Å². The number of para-hydroxylation sites is 1. The highest BCUT2D eigenvalue weighted by molar-refractivity contribution is 9.10. The number of amides is 1. The Kier molecular flexibility index (Phi) is 4.30. The molecule has 1 amide bonds. The molecule has 4 nitrogen and oxygen atoms in total. The largest absolute Gasteiger partial charge is 0.438 e. The lowest BCUT2D eigenvalue weighted by atomic mass is 10.1. The van der Waals surface area contributed by atoms with Crippen LogP contribution in [0.2, 0.25) is 0 Å². The van der Waals surface area contributed by atoms with Crippen molar-refractivity contribution in [1.29, 1.82) is 5.41 Å². The maximum atomic E-state index is 12.5. The summed E-state index contributed by atoms with van der Waals surface area (Å²) in [4.78, 5) is 12.5. The zero-order valence-corrected chi connectivity index (χ0v) is 14.1. The van der Waals surface area contributed by atoms with E-state index in [0.717, 1.165) is 27.5 Å². The lowest BCUT2D eigenvalue weighted by Gasteiger charge is -2.10. The maximum Gasteiger partial charge on any atom is 0.261 e. The quantitative estimate of drug-likeness (QED) is 0.713. The fraction of sp³-hybridized carbons (Fsp3) is 0.111. The van der Waals surface area contributed by atoms with Crippen LogP contribution in [0.1, 0.15) is 22.8 Å². The Bertz CT molecular complexity index is 947. The number of nitrogens with one attached hydrogen (secondary N) is 2. The summed E-state index contributed by atoms with van der Waals surface area (Å²) in [5, 5.41) is 11.6. The molecule has 2 aromatic carbocycles. The third-order valence-electron chi connectivity index (χ3n) is 3.62. The summed E-state index contributed by atoms with van der Waals surface area (Å²) in [7, 11) is 0. The molecule has 0 radical (unpaired) electrons. The van der Waals surface area contributed by atoms with Crippen LogP contribution in [0.4, 0.5) is 5.69 Å². The Morgan fingerprint density at radius 1 is 1.22 bits per heavy atom. The third-order valence-corrected chi connectivity index (χ3v) is 4.11. The fourth-order valence-corrected chi connectivity index (χ4v) is 2.80. The number of benzene rings is 2. The molecule has 2 N–H and O–H groups in total. The van der Waals surface area contributed by atoms with E-state index in [1.54, 1.807) is 12.1 Å². The molecular weight excluding hydrogens is 356 g/mol. The van der Waals surface area contributed by atoms with E-state index in [1.165, 1.54) is 0 Å². The van der Waals surface area contributed by atoms with E-state index in [0.29, 0.717) is 5.58 Å². The first-order valence-electron chi connectivity index (χ1n) is 7.25. The van der Waals surface area contributed by atoms with Gasteiger partial charge in [0, 0.05) is 15.5 Å². The van der Waals surface area contributed by atoms with Crippen molar-refractivity contribution < 1.29 is 9.21 Å². The van der Waals surface area contributed by atoms with Crippen LogP contribution in [0, 0.1) is 5.41 Å². The predicted octanol–water partition coefficient (Wildman–Crippen LogP) is 4.49. The molecule has 1 heterocycles. The second-order valence-electron chi connectivity index (χ2n) is 5.14. The number of hydrogen-bond acceptors (Lipinski definition) is 3. The van der Waals surface area contributed by atoms with Crippen molar-refractivity contribution in [3.05, 3.63) is 69.7 Å². The summed E-state index contributed by atoms with van der Waals surface area (Å²) in [5.41, 5.74) is 2.44. The predicted molar refractivity (Wildman–Crippen MR) is 93.5 cm³/mol. The number of carbonyl (C=O) groups is 1. The normalized spacial score (nSPS) is 10.7. The van der Waals surface area contributed by atoms with Gasteiger partial charge in [0.2, 0.25) is 5.55 Å². The number of fused-ring (bicyclic) bond motifs is 1. The molecule has 0 unspecified atom stereocenters. The molecule has 0 saturated heterocycles. The van der Waals surface area contributed by atoms with Crippen LogP contribution in [-0.4, -0.2) is 5.91 Å². The number of carbonyl (C=O) groups excluding carboxylic acids is 1. The monoisotopic (exact) mass is 370 g/mol. The molecule has 0 aliphatic rings. The minimum absolute atomic E-state index is 0.147. The molecule has 0 aliphatic heterocycles. The van der Waals surface area contributed by atoms with Crippen molar-refractivity contribution in [2.24, 2.45) is 0 Å². The van der Waals surface area contributed by atoms with Gasteiger partial charge in [-0.3, -0.25) is 10.2 Å². The molecule has 0 atom stereocenters. The van der Waals surface area contributed by atoms with E-state index in [9.17, 15) is 4.79 Å². The Morgan fingerprint density at radius 3 is 2.78 bits per heavy atom. The van der Waals surface area contributed by atoms with Crippen LogP contribution < -0.4 is 10.9 Å². The van der Waals surface area contributed by atoms with Gasteiger partial charge in [-0.05, 0) is 42.3 Å². The van der Waals surface area contributed by atoms with Crippen LogP contribution in [0.5, 0.6) is 0 Å². The van der Waals surface area contributed by atoms with Crippen LogP contribution in [0.3, 0.4) is 0 Å². The first kappa shape index (κ1) is 15.5. The van der Waals surface area contributed by atoms with Crippen LogP contribution in [-0.2, 0) is 6.42 Å². The Morgan fingerprint density at radius 2 is 2.00 bits per heavy atom. The minimum atomic E-state index is -0.346. The highest BCUT2D eigenvalue weighted by atomic mass is 79.9. The highest BCUT2D eigenvalue weighted by Gasteiger charge is 2.13. The van der Waals surface area contributed by atoms with Gasteiger partial charge in [-0.15, -0.1) is 0 Å². The first-order chi connectivity index (χ1) is 11.1. The molecule has 0 aliphatic carbocycles. The fourth-order valence-electron chi connectivity index (χ4n) is 2.42. The van der Waals surface area contributed by atoms with Gasteiger partial charge in [0.15, 0.2) is 0 Å². The van der Waals surface area contributed by atoms with Gasteiger partial charge in [0.1, 0.15) is 11.1 Å². The molecule has 3 aromatic rings.